The third-order valence-electron chi connectivity index (χ3n) is 1.60. The number of carbonyl (C=O) groups is 1. The molecular weight excluding hydrogens is 172 g/mol. The lowest BCUT2D eigenvalue weighted by Gasteiger charge is -2.13. The van der Waals surface area contributed by atoms with Gasteiger partial charge in [0.15, 0.2) is 0 Å². The molecule has 0 rings (SSSR count). The number of carbonyl (C=O) groups excluding carboxylic acids is 1. The van der Waals surface area contributed by atoms with E-state index in [0.29, 0.717) is 12.8 Å². The van der Waals surface area contributed by atoms with Crippen molar-refractivity contribution in [1.29, 1.82) is 0 Å². The number of aliphatic hydroxyl groups excluding tert-OH is 2. The fourth-order valence-electron chi connectivity index (χ4n) is 0.824. The average molecular weight is 188 g/mol. The quantitative estimate of drug-likeness (QED) is 0.463. The number of esters is 1. The van der Waals surface area contributed by atoms with Crippen molar-refractivity contribution in [2.75, 3.05) is 6.61 Å². The zero-order valence-electron chi connectivity index (χ0n) is 7.77. The highest BCUT2D eigenvalue weighted by Gasteiger charge is 2.09. The van der Waals surface area contributed by atoms with Crippen molar-refractivity contribution in [2.45, 2.75) is 32.0 Å². The predicted octanol–water partition coefficient (Wildman–Crippen LogP) is 0.237. The minimum absolute atomic E-state index is 0.258. The molecular formula is C9H16O4. The average Bonchev–Trinajstić information content (AvgIpc) is 2.13. The summed E-state index contributed by atoms with van der Waals surface area (Å²) in [6, 6.07) is 0. The molecule has 0 saturated carbocycles. The molecule has 0 amide bonds. The SMILES string of the molecule is C=CC(=O)OC(C)CCC(O)CO. The van der Waals surface area contributed by atoms with Crippen LogP contribution in [0.3, 0.4) is 0 Å². The normalized spacial score (nSPS) is 14.7. The van der Waals surface area contributed by atoms with Crippen LogP contribution in [0, 0.1) is 0 Å². The Morgan fingerprint density at radius 2 is 2.23 bits per heavy atom. The first-order valence-corrected chi connectivity index (χ1v) is 4.22. The van der Waals surface area contributed by atoms with E-state index < -0.39 is 12.1 Å². The van der Waals surface area contributed by atoms with E-state index in [1.807, 2.05) is 0 Å². The molecule has 0 bridgehead atoms. The summed E-state index contributed by atoms with van der Waals surface area (Å²) in [5, 5.41) is 17.5. The van der Waals surface area contributed by atoms with Gasteiger partial charge in [-0.3, -0.25) is 0 Å². The largest absolute Gasteiger partial charge is 0.460 e. The number of hydrogen-bond acceptors (Lipinski definition) is 4. The maximum absolute atomic E-state index is 10.7. The molecule has 2 unspecified atom stereocenters. The van der Waals surface area contributed by atoms with E-state index in [9.17, 15) is 4.79 Å². The number of hydrogen-bond donors (Lipinski definition) is 2. The van der Waals surface area contributed by atoms with Gasteiger partial charge in [-0.15, -0.1) is 0 Å². The van der Waals surface area contributed by atoms with Crippen LogP contribution in [0.5, 0.6) is 0 Å². The minimum atomic E-state index is -0.732. The van der Waals surface area contributed by atoms with E-state index in [4.69, 9.17) is 14.9 Å². The van der Waals surface area contributed by atoms with Crippen LogP contribution in [0.25, 0.3) is 0 Å². The molecule has 0 aliphatic heterocycles. The summed E-state index contributed by atoms with van der Waals surface area (Å²) in [6.07, 6.45) is 1.05. The smallest absolute Gasteiger partial charge is 0.330 e. The Bertz CT molecular complexity index is 167. The summed E-state index contributed by atoms with van der Waals surface area (Å²) in [5.41, 5.74) is 0. The summed E-state index contributed by atoms with van der Waals surface area (Å²) in [7, 11) is 0. The molecule has 0 aromatic rings. The van der Waals surface area contributed by atoms with Gasteiger partial charge in [-0.2, -0.15) is 0 Å². The zero-order chi connectivity index (χ0) is 10.3. The molecule has 0 radical (unpaired) electrons. The maximum Gasteiger partial charge on any atom is 0.330 e. The molecule has 0 spiro atoms. The lowest BCUT2D eigenvalue weighted by atomic mass is 10.1. The third kappa shape index (κ3) is 6.31. The highest BCUT2D eigenvalue weighted by atomic mass is 16.5. The number of rotatable bonds is 6. The second-order valence-corrected chi connectivity index (χ2v) is 2.87. The molecule has 0 aromatic heterocycles. The summed E-state index contributed by atoms with van der Waals surface area (Å²) in [6.45, 7) is 4.73. The van der Waals surface area contributed by atoms with E-state index in [1.54, 1.807) is 6.92 Å². The van der Waals surface area contributed by atoms with Gasteiger partial charge in [-0.05, 0) is 19.8 Å². The van der Waals surface area contributed by atoms with Gasteiger partial charge < -0.3 is 14.9 Å². The van der Waals surface area contributed by atoms with Crippen LogP contribution >= 0.6 is 0 Å². The van der Waals surface area contributed by atoms with E-state index >= 15 is 0 Å². The first-order chi connectivity index (χ1) is 6.10. The molecule has 0 aromatic carbocycles. The van der Waals surface area contributed by atoms with E-state index in [1.165, 1.54) is 0 Å². The van der Waals surface area contributed by atoms with Crippen LogP contribution in [0.4, 0.5) is 0 Å². The number of aliphatic hydroxyl groups is 2. The standard InChI is InChI=1S/C9H16O4/c1-3-9(12)13-7(2)4-5-8(11)6-10/h3,7-8,10-11H,1,4-6H2,2H3. The molecule has 0 aliphatic rings. The fourth-order valence-corrected chi connectivity index (χ4v) is 0.824. The van der Waals surface area contributed by atoms with E-state index in [0.717, 1.165) is 6.08 Å². The minimum Gasteiger partial charge on any atom is -0.460 e. The summed E-state index contributed by atoms with van der Waals surface area (Å²) >= 11 is 0. The zero-order valence-corrected chi connectivity index (χ0v) is 7.77. The van der Waals surface area contributed by atoms with Crippen LogP contribution in [0.2, 0.25) is 0 Å². The van der Waals surface area contributed by atoms with Crippen LogP contribution in [-0.4, -0.2) is 35.0 Å². The van der Waals surface area contributed by atoms with Gasteiger partial charge in [0.2, 0.25) is 0 Å². The Labute approximate surface area is 77.8 Å². The molecule has 2 atom stereocenters. The highest BCUT2D eigenvalue weighted by Crippen LogP contribution is 2.04. The van der Waals surface area contributed by atoms with Crippen molar-refractivity contribution in [3.8, 4) is 0 Å². The van der Waals surface area contributed by atoms with Gasteiger partial charge >= 0.3 is 5.97 Å². The number of ether oxygens (including phenoxy) is 1. The Morgan fingerprint density at radius 3 is 2.69 bits per heavy atom. The topological polar surface area (TPSA) is 66.8 Å². The van der Waals surface area contributed by atoms with Crippen molar-refractivity contribution in [3.63, 3.8) is 0 Å². The maximum atomic E-state index is 10.7. The molecule has 0 aliphatic carbocycles. The fraction of sp³-hybridized carbons (Fsp3) is 0.667. The molecule has 13 heavy (non-hydrogen) atoms. The lowest BCUT2D eigenvalue weighted by molar-refractivity contribution is -0.142. The van der Waals surface area contributed by atoms with Gasteiger partial charge in [0.1, 0.15) is 0 Å². The third-order valence-corrected chi connectivity index (χ3v) is 1.60. The van der Waals surface area contributed by atoms with Gasteiger partial charge in [0, 0.05) is 6.08 Å². The Balaban J connectivity index is 3.56. The van der Waals surface area contributed by atoms with Gasteiger partial charge in [-0.1, -0.05) is 6.58 Å². The van der Waals surface area contributed by atoms with Crippen LogP contribution < -0.4 is 0 Å². The second-order valence-electron chi connectivity index (χ2n) is 2.87. The first-order valence-electron chi connectivity index (χ1n) is 4.22. The summed E-state index contributed by atoms with van der Waals surface area (Å²) < 4.78 is 4.84. The first kappa shape index (κ1) is 12.1. The predicted molar refractivity (Wildman–Crippen MR) is 48.1 cm³/mol. The van der Waals surface area contributed by atoms with Crippen molar-refractivity contribution in [3.05, 3.63) is 12.7 Å². The summed E-state index contributed by atoms with van der Waals surface area (Å²) in [4.78, 5) is 10.7. The van der Waals surface area contributed by atoms with Crippen LogP contribution in [-0.2, 0) is 9.53 Å². The highest BCUT2D eigenvalue weighted by molar-refractivity contribution is 5.81. The Kier molecular flexibility index (Phi) is 6.18. The van der Waals surface area contributed by atoms with Gasteiger partial charge in [-0.25, -0.2) is 4.79 Å². The lowest BCUT2D eigenvalue weighted by Crippen LogP contribution is -2.18. The van der Waals surface area contributed by atoms with Crippen LogP contribution in [0.15, 0.2) is 12.7 Å². The van der Waals surface area contributed by atoms with Gasteiger partial charge in [0.25, 0.3) is 0 Å². The molecule has 4 heteroatoms. The Hall–Kier alpha value is -0.870. The Morgan fingerprint density at radius 1 is 1.62 bits per heavy atom. The molecule has 0 fully saturated rings. The summed E-state index contributed by atoms with van der Waals surface area (Å²) in [5.74, 6) is -0.467. The van der Waals surface area contributed by atoms with E-state index in [-0.39, 0.29) is 12.7 Å². The van der Waals surface area contributed by atoms with Crippen molar-refractivity contribution >= 4 is 5.97 Å². The van der Waals surface area contributed by atoms with Crippen LogP contribution in [0.1, 0.15) is 19.8 Å². The molecule has 2 N–H and O–H groups in total. The monoisotopic (exact) mass is 188 g/mol. The van der Waals surface area contributed by atoms with Crippen molar-refractivity contribution < 1.29 is 19.7 Å². The van der Waals surface area contributed by atoms with Crippen molar-refractivity contribution in [1.82, 2.24) is 0 Å². The molecule has 4 nitrogen and oxygen atoms in total. The second kappa shape index (κ2) is 6.62. The van der Waals surface area contributed by atoms with Gasteiger partial charge in [0.05, 0.1) is 18.8 Å². The molecule has 0 heterocycles. The van der Waals surface area contributed by atoms with Crippen molar-refractivity contribution in [2.24, 2.45) is 0 Å². The van der Waals surface area contributed by atoms with E-state index in [2.05, 4.69) is 6.58 Å². The molecule has 76 valence electrons. The molecule has 0 saturated heterocycles.